The van der Waals surface area contributed by atoms with E-state index in [-0.39, 0.29) is 0 Å². The first-order valence-corrected chi connectivity index (χ1v) is 9.59. The Hall–Kier alpha value is -1.54. The number of carbonyl (C=O) groups excluding carboxylic acids is 1. The molecule has 0 N–H and O–H groups in total. The SMILES string of the molecule is CS(=O)(=O)C1CSCCN1c1nc2ccccn2c1C=O. The van der Waals surface area contributed by atoms with Gasteiger partial charge in [-0.2, -0.15) is 11.8 Å². The van der Waals surface area contributed by atoms with Gasteiger partial charge in [-0.05, 0) is 12.1 Å². The van der Waals surface area contributed by atoms with Crippen molar-refractivity contribution in [1.29, 1.82) is 0 Å². The van der Waals surface area contributed by atoms with Gasteiger partial charge >= 0.3 is 0 Å². The number of nitrogens with zero attached hydrogens (tertiary/aromatic N) is 3. The van der Waals surface area contributed by atoms with Gasteiger partial charge in [0, 0.05) is 30.5 Å². The van der Waals surface area contributed by atoms with Crippen LogP contribution in [0.5, 0.6) is 0 Å². The molecule has 1 aliphatic heterocycles. The van der Waals surface area contributed by atoms with Gasteiger partial charge in [-0.1, -0.05) is 6.07 Å². The number of carbonyl (C=O) groups is 1. The summed E-state index contributed by atoms with van der Waals surface area (Å²) >= 11 is 1.60. The van der Waals surface area contributed by atoms with E-state index in [0.29, 0.717) is 29.5 Å². The number of aromatic nitrogens is 2. The fourth-order valence-electron chi connectivity index (χ4n) is 2.50. The molecular weight excluding hydrogens is 310 g/mol. The van der Waals surface area contributed by atoms with Crippen molar-refractivity contribution in [3.05, 3.63) is 30.1 Å². The van der Waals surface area contributed by atoms with Crippen LogP contribution in [-0.4, -0.2) is 53.8 Å². The van der Waals surface area contributed by atoms with Gasteiger partial charge in [0.05, 0.1) is 0 Å². The molecular formula is C13H15N3O3S2. The third-order valence-electron chi connectivity index (χ3n) is 3.51. The van der Waals surface area contributed by atoms with Gasteiger partial charge < -0.3 is 4.90 Å². The zero-order valence-electron chi connectivity index (χ0n) is 11.5. The molecule has 8 heteroatoms. The molecule has 2 aromatic rings. The maximum absolute atomic E-state index is 12.0. The minimum atomic E-state index is -3.25. The highest BCUT2D eigenvalue weighted by Gasteiger charge is 2.34. The molecule has 0 spiro atoms. The number of aldehydes is 1. The van der Waals surface area contributed by atoms with Gasteiger partial charge in [0.25, 0.3) is 0 Å². The van der Waals surface area contributed by atoms with Crippen LogP contribution in [0.1, 0.15) is 10.5 Å². The maximum Gasteiger partial charge on any atom is 0.170 e. The van der Waals surface area contributed by atoms with Crippen molar-refractivity contribution in [2.24, 2.45) is 0 Å². The van der Waals surface area contributed by atoms with Crippen LogP contribution in [0.25, 0.3) is 5.65 Å². The summed E-state index contributed by atoms with van der Waals surface area (Å²) in [4.78, 5) is 17.7. The van der Waals surface area contributed by atoms with E-state index in [2.05, 4.69) is 4.98 Å². The second-order valence-electron chi connectivity index (χ2n) is 4.92. The molecule has 21 heavy (non-hydrogen) atoms. The predicted molar refractivity (Wildman–Crippen MR) is 83.9 cm³/mol. The lowest BCUT2D eigenvalue weighted by atomic mass is 10.4. The van der Waals surface area contributed by atoms with Crippen molar-refractivity contribution in [2.75, 3.05) is 29.2 Å². The standard InChI is InChI=1S/C13H15N3O3S2/c1-21(18,19)12-9-20-7-6-16(12)13-10(8-17)15-5-3-2-4-11(15)14-13/h2-5,8,12H,6-7,9H2,1H3. The van der Waals surface area contributed by atoms with Gasteiger partial charge in [-0.15, -0.1) is 0 Å². The topological polar surface area (TPSA) is 71.8 Å². The third-order valence-corrected chi connectivity index (χ3v) is 6.15. The Balaban J connectivity index is 2.16. The molecule has 112 valence electrons. The molecule has 1 unspecified atom stereocenters. The van der Waals surface area contributed by atoms with Gasteiger partial charge in [-0.3, -0.25) is 9.20 Å². The first kappa shape index (κ1) is 14.4. The Morgan fingerprint density at radius 1 is 1.43 bits per heavy atom. The lowest BCUT2D eigenvalue weighted by molar-refractivity contribution is 0.111. The molecule has 0 aromatic carbocycles. The summed E-state index contributed by atoms with van der Waals surface area (Å²) in [6, 6.07) is 5.44. The van der Waals surface area contributed by atoms with E-state index in [1.54, 1.807) is 33.3 Å². The Kier molecular flexibility index (Phi) is 3.66. The summed E-state index contributed by atoms with van der Waals surface area (Å²) in [6.07, 6.45) is 3.72. The van der Waals surface area contributed by atoms with Crippen molar-refractivity contribution in [3.63, 3.8) is 0 Å². The van der Waals surface area contributed by atoms with Crippen LogP contribution < -0.4 is 4.90 Å². The van der Waals surface area contributed by atoms with Gasteiger partial charge in [0.2, 0.25) is 0 Å². The average molecular weight is 325 g/mol. The number of thioether (sulfide) groups is 1. The van der Waals surface area contributed by atoms with Crippen LogP contribution in [0.3, 0.4) is 0 Å². The van der Waals surface area contributed by atoms with Gasteiger partial charge in [0.15, 0.2) is 21.9 Å². The second kappa shape index (κ2) is 5.34. The summed E-state index contributed by atoms with van der Waals surface area (Å²) in [5, 5.41) is -0.639. The molecule has 1 saturated heterocycles. The van der Waals surface area contributed by atoms with Crippen molar-refractivity contribution < 1.29 is 13.2 Å². The first-order valence-electron chi connectivity index (χ1n) is 6.48. The van der Waals surface area contributed by atoms with Gasteiger partial charge in [-0.25, -0.2) is 13.4 Å². The number of fused-ring (bicyclic) bond motifs is 1. The van der Waals surface area contributed by atoms with Crippen LogP contribution in [0.2, 0.25) is 0 Å². The zero-order chi connectivity index (χ0) is 15.0. The van der Waals surface area contributed by atoms with E-state index in [1.807, 2.05) is 12.1 Å². The second-order valence-corrected chi connectivity index (χ2v) is 8.27. The van der Waals surface area contributed by atoms with Crippen LogP contribution in [0, 0.1) is 0 Å². The summed E-state index contributed by atoms with van der Waals surface area (Å²) in [5.74, 6) is 1.76. The molecule has 0 aliphatic carbocycles. The van der Waals surface area contributed by atoms with E-state index in [0.717, 1.165) is 12.0 Å². The number of imidazole rings is 1. The molecule has 0 saturated carbocycles. The zero-order valence-corrected chi connectivity index (χ0v) is 13.1. The molecule has 1 atom stereocenters. The highest BCUT2D eigenvalue weighted by molar-refractivity contribution is 8.01. The van der Waals surface area contributed by atoms with E-state index in [4.69, 9.17) is 0 Å². The molecule has 3 rings (SSSR count). The minimum absolute atomic E-state index is 0.395. The summed E-state index contributed by atoms with van der Waals surface area (Å²) in [5.41, 5.74) is 1.03. The number of hydrogen-bond acceptors (Lipinski definition) is 6. The largest absolute Gasteiger partial charge is 0.336 e. The van der Waals surface area contributed by atoms with Crippen LogP contribution >= 0.6 is 11.8 Å². The molecule has 6 nitrogen and oxygen atoms in total. The monoisotopic (exact) mass is 325 g/mol. The fourth-order valence-corrected chi connectivity index (χ4v) is 5.32. The van der Waals surface area contributed by atoms with E-state index in [9.17, 15) is 13.2 Å². The minimum Gasteiger partial charge on any atom is -0.336 e. The van der Waals surface area contributed by atoms with Crippen molar-refractivity contribution >= 4 is 39.4 Å². The summed E-state index contributed by atoms with van der Waals surface area (Å²) in [6.45, 7) is 0.563. The highest BCUT2D eigenvalue weighted by Crippen LogP contribution is 2.28. The molecule has 1 fully saturated rings. The fraction of sp³-hybridized carbons (Fsp3) is 0.385. The lowest BCUT2D eigenvalue weighted by Crippen LogP contribution is -2.47. The van der Waals surface area contributed by atoms with Crippen LogP contribution in [-0.2, 0) is 9.84 Å². The number of sulfone groups is 1. The molecule has 2 aromatic heterocycles. The number of pyridine rings is 1. The van der Waals surface area contributed by atoms with Crippen LogP contribution in [0.4, 0.5) is 5.82 Å². The third kappa shape index (κ3) is 2.53. The number of hydrogen-bond donors (Lipinski definition) is 0. The number of anilines is 1. The number of rotatable bonds is 3. The first-order chi connectivity index (χ1) is 10.0. The smallest absolute Gasteiger partial charge is 0.170 e. The van der Waals surface area contributed by atoms with Crippen molar-refractivity contribution in [2.45, 2.75) is 5.37 Å². The molecule has 0 amide bonds. The molecule has 1 aliphatic rings. The summed E-state index contributed by atoms with van der Waals surface area (Å²) in [7, 11) is -3.25. The quantitative estimate of drug-likeness (QED) is 0.786. The van der Waals surface area contributed by atoms with Crippen molar-refractivity contribution in [1.82, 2.24) is 9.38 Å². The predicted octanol–water partition coefficient (Wildman–Crippen LogP) is 1.07. The van der Waals surface area contributed by atoms with E-state index >= 15 is 0 Å². The highest BCUT2D eigenvalue weighted by atomic mass is 32.2. The lowest BCUT2D eigenvalue weighted by Gasteiger charge is -2.34. The van der Waals surface area contributed by atoms with Crippen LogP contribution in [0.15, 0.2) is 24.4 Å². The maximum atomic E-state index is 12.0. The van der Waals surface area contributed by atoms with E-state index in [1.165, 1.54) is 6.26 Å². The van der Waals surface area contributed by atoms with Crippen molar-refractivity contribution in [3.8, 4) is 0 Å². The van der Waals surface area contributed by atoms with E-state index < -0.39 is 15.2 Å². The molecule has 3 heterocycles. The average Bonchev–Trinajstić information content (AvgIpc) is 2.84. The normalized spacial score (nSPS) is 19.9. The molecule has 0 bridgehead atoms. The Morgan fingerprint density at radius 2 is 2.24 bits per heavy atom. The Bertz CT molecular complexity index is 785. The Labute approximate surface area is 127 Å². The van der Waals surface area contributed by atoms with Gasteiger partial charge in [0.1, 0.15) is 16.7 Å². The Morgan fingerprint density at radius 3 is 2.95 bits per heavy atom. The molecule has 0 radical (unpaired) electrons. The summed E-state index contributed by atoms with van der Waals surface area (Å²) < 4.78 is 25.7.